The molecule has 3 aromatic rings. The minimum absolute atomic E-state index is 0.156. The van der Waals surface area contributed by atoms with E-state index in [0.717, 1.165) is 35.9 Å². The lowest BCUT2D eigenvalue weighted by molar-refractivity contribution is 0.275. The van der Waals surface area contributed by atoms with Gasteiger partial charge in [0.25, 0.3) is 0 Å². The van der Waals surface area contributed by atoms with Gasteiger partial charge in [0.05, 0.1) is 12.8 Å². The van der Waals surface area contributed by atoms with Crippen molar-refractivity contribution in [1.29, 1.82) is 0 Å². The van der Waals surface area contributed by atoms with E-state index >= 15 is 0 Å². The molecule has 5 rings (SSSR count). The number of H-pyrrole nitrogens is 1. The molecule has 1 aliphatic heterocycles. The SMILES string of the molecule is CN(/N=C/c1ccc2c(c1)COB2O)c1ncnc2c1[nH]c(=O)n2C1CCC1. The minimum Gasteiger partial charge on any atom is -0.423 e. The molecule has 0 bridgehead atoms. The van der Waals surface area contributed by atoms with Gasteiger partial charge >= 0.3 is 12.8 Å². The lowest BCUT2D eigenvalue weighted by Gasteiger charge is -2.26. The van der Waals surface area contributed by atoms with Crippen LogP contribution in [0.25, 0.3) is 11.2 Å². The molecule has 2 N–H and O–H groups in total. The number of hydrogen-bond donors (Lipinski definition) is 2. The van der Waals surface area contributed by atoms with Crippen LogP contribution in [0.5, 0.6) is 0 Å². The van der Waals surface area contributed by atoms with Crippen molar-refractivity contribution < 1.29 is 9.68 Å². The highest BCUT2D eigenvalue weighted by atomic mass is 16.5. The van der Waals surface area contributed by atoms with Crippen LogP contribution in [0.15, 0.2) is 34.4 Å². The number of benzene rings is 1. The molecule has 2 aromatic heterocycles. The Kier molecular flexibility index (Phi) is 4.02. The predicted octanol–water partition coefficient (Wildman–Crippen LogP) is 0.533. The molecule has 1 aliphatic carbocycles. The van der Waals surface area contributed by atoms with Crippen LogP contribution in [0.2, 0.25) is 0 Å². The van der Waals surface area contributed by atoms with Crippen molar-refractivity contribution in [3.05, 3.63) is 46.1 Å². The first-order valence-corrected chi connectivity index (χ1v) is 9.27. The van der Waals surface area contributed by atoms with Crippen molar-refractivity contribution in [1.82, 2.24) is 19.5 Å². The Hall–Kier alpha value is -2.98. The van der Waals surface area contributed by atoms with Gasteiger partial charge in [-0.15, -0.1) is 0 Å². The zero-order valence-electron chi connectivity index (χ0n) is 15.4. The van der Waals surface area contributed by atoms with Crippen LogP contribution in [-0.4, -0.2) is 44.9 Å². The van der Waals surface area contributed by atoms with Gasteiger partial charge < -0.3 is 14.7 Å². The Balaban J connectivity index is 1.45. The minimum atomic E-state index is -0.852. The molecule has 0 amide bonds. The van der Waals surface area contributed by atoms with Gasteiger partial charge in [-0.25, -0.2) is 19.8 Å². The van der Waals surface area contributed by atoms with Gasteiger partial charge in [0.2, 0.25) is 0 Å². The third-order valence-corrected chi connectivity index (χ3v) is 5.44. The van der Waals surface area contributed by atoms with Gasteiger partial charge in [-0.3, -0.25) is 4.57 Å². The zero-order chi connectivity index (χ0) is 19.3. The summed E-state index contributed by atoms with van der Waals surface area (Å²) in [5.41, 5.74) is 3.67. The second kappa shape index (κ2) is 6.57. The summed E-state index contributed by atoms with van der Waals surface area (Å²) in [6.07, 6.45) is 6.29. The van der Waals surface area contributed by atoms with Crippen LogP contribution in [0.4, 0.5) is 5.82 Å². The summed E-state index contributed by atoms with van der Waals surface area (Å²) in [7, 11) is 0.923. The fraction of sp³-hybridized carbons (Fsp3) is 0.333. The molecule has 10 heteroatoms. The van der Waals surface area contributed by atoms with Gasteiger partial charge in [-0.05, 0) is 41.9 Å². The van der Waals surface area contributed by atoms with Crippen LogP contribution in [0, 0.1) is 0 Å². The molecule has 1 aromatic carbocycles. The van der Waals surface area contributed by atoms with Crippen LogP contribution in [0.3, 0.4) is 0 Å². The molecule has 2 aliphatic rings. The number of aromatic amines is 1. The molecule has 0 unspecified atom stereocenters. The fourth-order valence-electron chi connectivity index (χ4n) is 3.69. The molecule has 1 fully saturated rings. The number of imidazole rings is 1. The lowest BCUT2D eigenvalue weighted by Crippen LogP contribution is -2.27. The second-order valence-corrected chi connectivity index (χ2v) is 7.17. The number of fused-ring (bicyclic) bond motifs is 2. The zero-order valence-corrected chi connectivity index (χ0v) is 15.4. The van der Waals surface area contributed by atoms with E-state index in [2.05, 4.69) is 20.1 Å². The molecule has 1 saturated carbocycles. The smallest absolute Gasteiger partial charge is 0.423 e. The number of hydrogen-bond acceptors (Lipinski definition) is 7. The van der Waals surface area contributed by atoms with E-state index < -0.39 is 7.12 Å². The van der Waals surface area contributed by atoms with Crippen molar-refractivity contribution in [2.24, 2.45) is 5.10 Å². The summed E-state index contributed by atoms with van der Waals surface area (Å²) in [5.74, 6) is 0.538. The van der Waals surface area contributed by atoms with Crippen molar-refractivity contribution in [2.75, 3.05) is 12.1 Å². The quantitative estimate of drug-likeness (QED) is 0.390. The number of nitrogens with zero attached hydrogens (tertiary/aromatic N) is 5. The van der Waals surface area contributed by atoms with E-state index in [0.29, 0.717) is 23.6 Å². The van der Waals surface area contributed by atoms with Crippen molar-refractivity contribution >= 4 is 35.8 Å². The van der Waals surface area contributed by atoms with Gasteiger partial charge in [0.15, 0.2) is 11.5 Å². The van der Waals surface area contributed by atoms with E-state index in [-0.39, 0.29) is 11.7 Å². The first-order valence-electron chi connectivity index (χ1n) is 9.27. The Morgan fingerprint density at radius 3 is 3.07 bits per heavy atom. The molecular weight excluding hydrogens is 359 g/mol. The first-order chi connectivity index (χ1) is 13.6. The van der Waals surface area contributed by atoms with E-state index in [1.807, 2.05) is 18.2 Å². The molecule has 0 radical (unpaired) electrons. The number of nitrogens with one attached hydrogen (secondary N) is 1. The van der Waals surface area contributed by atoms with Crippen molar-refractivity contribution in [3.63, 3.8) is 0 Å². The number of anilines is 1. The normalized spacial score (nSPS) is 16.7. The molecule has 9 nitrogen and oxygen atoms in total. The Bertz CT molecular complexity index is 1140. The molecule has 3 heterocycles. The van der Waals surface area contributed by atoms with E-state index in [4.69, 9.17) is 4.65 Å². The summed E-state index contributed by atoms with van der Waals surface area (Å²) in [5, 5.41) is 15.8. The lowest BCUT2D eigenvalue weighted by atomic mass is 9.79. The Morgan fingerprint density at radius 2 is 2.29 bits per heavy atom. The number of aromatic nitrogens is 4. The standard InChI is InChI=1S/C18H19BN6O3/c1-24(22-8-11-5-6-14-12(7-11)9-28-19(14)27)16-15-17(21-10-20-16)25(18(26)23-15)13-3-2-4-13/h5-8,10,13,27H,2-4,9H2,1H3,(H,23,26)/b22-8+. The highest BCUT2D eigenvalue weighted by Crippen LogP contribution is 2.33. The predicted molar refractivity (Wildman–Crippen MR) is 106 cm³/mol. The van der Waals surface area contributed by atoms with Crippen LogP contribution in [0.1, 0.15) is 36.4 Å². The van der Waals surface area contributed by atoms with Gasteiger partial charge in [-0.1, -0.05) is 12.1 Å². The Morgan fingerprint density at radius 1 is 1.43 bits per heavy atom. The summed E-state index contributed by atoms with van der Waals surface area (Å²) in [6.45, 7) is 0.385. The van der Waals surface area contributed by atoms with Crippen molar-refractivity contribution in [3.8, 4) is 0 Å². The van der Waals surface area contributed by atoms with Crippen LogP contribution >= 0.6 is 0 Å². The average molecular weight is 378 g/mol. The van der Waals surface area contributed by atoms with Crippen molar-refractivity contribution in [2.45, 2.75) is 31.9 Å². The average Bonchev–Trinajstić information content (AvgIpc) is 3.18. The maximum absolute atomic E-state index is 12.4. The molecule has 142 valence electrons. The molecule has 0 saturated heterocycles. The summed E-state index contributed by atoms with van der Waals surface area (Å²) >= 11 is 0. The Labute approximate surface area is 160 Å². The first kappa shape index (κ1) is 17.1. The largest absolute Gasteiger partial charge is 0.491 e. The van der Waals surface area contributed by atoms with E-state index in [1.54, 1.807) is 22.8 Å². The van der Waals surface area contributed by atoms with Crippen LogP contribution in [-0.2, 0) is 11.3 Å². The number of hydrazone groups is 1. The molecule has 28 heavy (non-hydrogen) atoms. The van der Waals surface area contributed by atoms with Gasteiger partial charge in [0.1, 0.15) is 11.8 Å². The molecular formula is C18H19BN6O3. The highest BCUT2D eigenvalue weighted by Gasteiger charge is 2.27. The van der Waals surface area contributed by atoms with E-state index in [9.17, 15) is 9.82 Å². The topological polar surface area (TPSA) is 109 Å². The van der Waals surface area contributed by atoms with Gasteiger partial charge in [0, 0.05) is 13.1 Å². The monoisotopic (exact) mass is 378 g/mol. The summed E-state index contributed by atoms with van der Waals surface area (Å²) in [6, 6.07) is 5.86. The summed E-state index contributed by atoms with van der Waals surface area (Å²) < 4.78 is 6.95. The number of rotatable bonds is 4. The summed E-state index contributed by atoms with van der Waals surface area (Å²) in [4.78, 5) is 23.9. The fourth-order valence-corrected chi connectivity index (χ4v) is 3.69. The van der Waals surface area contributed by atoms with E-state index in [1.165, 1.54) is 6.33 Å². The van der Waals surface area contributed by atoms with Crippen LogP contribution < -0.4 is 16.2 Å². The highest BCUT2D eigenvalue weighted by molar-refractivity contribution is 6.61. The third-order valence-electron chi connectivity index (χ3n) is 5.44. The maximum atomic E-state index is 12.4. The molecule has 0 spiro atoms. The maximum Gasteiger partial charge on any atom is 0.491 e. The molecule has 0 atom stereocenters. The van der Waals surface area contributed by atoms with Gasteiger partial charge in [-0.2, -0.15) is 5.10 Å². The second-order valence-electron chi connectivity index (χ2n) is 7.17. The third kappa shape index (κ3) is 2.72.